The van der Waals surface area contributed by atoms with Gasteiger partial charge in [-0.3, -0.25) is 13.8 Å². The highest BCUT2D eigenvalue weighted by Crippen LogP contribution is 2.19. The fourth-order valence-corrected chi connectivity index (χ4v) is 2.14. The summed E-state index contributed by atoms with van der Waals surface area (Å²) in [6.45, 7) is 2.81. The molecule has 0 saturated heterocycles. The molecule has 0 aromatic carbocycles. The summed E-state index contributed by atoms with van der Waals surface area (Å²) in [5, 5.41) is 11.6. The maximum absolute atomic E-state index is 11.7. The average Bonchev–Trinajstić information content (AvgIpc) is 2.97. The van der Waals surface area contributed by atoms with Gasteiger partial charge in [0.1, 0.15) is 4.75 Å². The van der Waals surface area contributed by atoms with E-state index in [1.165, 1.54) is 13.8 Å². The molecule has 6 heteroatoms. The second-order valence-corrected chi connectivity index (χ2v) is 6.58. The standard InChI is InChI=1S/C10H17NO4S/c1-10(2,9(13)14)16(15)6-5-8(12)11-7-3-4-7/h7H,3-6H2,1-2H3,(H,11,12)(H,13,14). The van der Waals surface area contributed by atoms with Crippen molar-refractivity contribution in [1.82, 2.24) is 5.32 Å². The highest BCUT2D eigenvalue weighted by Gasteiger charge is 2.34. The van der Waals surface area contributed by atoms with E-state index >= 15 is 0 Å². The number of carbonyl (C=O) groups excluding carboxylic acids is 1. The lowest BCUT2D eigenvalue weighted by molar-refractivity contribution is -0.139. The van der Waals surface area contributed by atoms with E-state index in [-0.39, 0.29) is 24.1 Å². The van der Waals surface area contributed by atoms with Gasteiger partial charge in [0.25, 0.3) is 0 Å². The van der Waals surface area contributed by atoms with Gasteiger partial charge in [0.15, 0.2) is 0 Å². The van der Waals surface area contributed by atoms with Crippen LogP contribution in [0.3, 0.4) is 0 Å². The second kappa shape index (κ2) is 4.95. The van der Waals surface area contributed by atoms with Crippen molar-refractivity contribution in [3.63, 3.8) is 0 Å². The lowest BCUT2D eigenvalue weighted by Gasteiger charge is -2.18. The minimum Gasteiger partial charge on any atom is -0.480 e. The molecule has 1 aliphatic rings. The van der Waals surface area contributed by atoms with E-state index in [1.54, 1.807) is 0 Å². The van der Waals surface area contributed by atoms with Crippen LogP contribution in [0.1, 0.15) is 33.1 Å². The molecule has 1 amide bonds. The van der Waals surface area contributed by atoms with E-state index < -0.39 is 21.5 Å². The SMILES string of the molecule is CC(C)(C(=O)O)S(=O)CCC(=O)NC1CC1. The fraction of sp³-hybridized carbons (Fsp3) is 0.800. The first-order valence-corrected chi connectivity index (χ1v) is 6.57. The monoisotopic (exact) mass is 247 g/mol. The summed E-state index contributed by atoms with van der Waals surface area (Å²) < 4.78 is 10.4. The molecule has 16 heavy (non-hydrogen) atoms. The molecule has 0 aliphatic heterocycles. The van der Waals surface area contributed by atoms with Gasteiger partial charge < -0.3 is 10.4 Å². The minimum atomic E-state index is -1.54. The Labute approximate surface area is 97.1 Å². The molecule has 2 N–H and O–H groups in total. The zero-order valence-electron chi connectivity index (χ0n) is 9.49. The van der Waals surface area contributed by atoms with Crippen molar-refractivity contribution in [3.05, 3.63) is 0 Å². The smallest absolute Gasteiger partial charge is 0.321 e. The molecule has 1 unspecified atom stereocenters. The first kappa shape index (κ1) is 13.2. The van der Waals surface area contributed by atoms with Crippen molar-refractivity contribution in [1.29, 1.82) is 0 Å². The van der Waals surface area contributed by atoms with Crippen LogP contribution < -0.4 is 5.32 Å². The number of aliphatic carboxylic acids is 1. The number of carboxylic acid groups (broad SMARTS) is 1. The summed E-state index contributed by atoms with van der Waals surface area (Å²) in [6, 6.07) is 0.286. The third-order valence-corrected chi connectivity index (χ3v) is 4.43. The molecule has 0 radical (unpaired) electrons. The van der Waals surface area contributed by atoms with Crippen molar-refractivity contribution in [2.24, 2.45) is 0 Å². The molecular weight excluding hydrogens is 230 g/mol. The number of carboxylic acids is 1. The molecule has 5 nitrogen and oxygen atoms in total. The van der Waals surface area contributed by atoms with Gasteiger partial charge in [0.2, 0.25) is 5.91 Å². The van der Waals surface area contributed by atoms with Crippen molar-refractivity contribution in [3.8, 4) is 0 Å². The Hall–Kier alpha value is -0.910. The van der Waals surface area contributed by atoms with Gasteiger partial charge in [-0.2, -0.15) is 0 Å². The van der Waals surface area contributed by atoms with Gasteiger partial charge in [0.05, 0.1) is 0 Å². The average molecular weight is 247 g/mol. The van der Waals surface area contributed by atoms with Crippen molar-refractivity contribution < 1.29 is 18.9 Å². The van der Waals surface area contributed by atoms with E-state index in [2.05, 4.69) is 5.32 Å². The van der Waals surface area contributed by atoms with Crippen LogP contribution in [-0.2, 0) is 20.4 Å². The first-order valence-electron chi connectivity index (χ1n) is 5.25. The third kappa shape index (κ3) is 3.59. The summed E-state index contributed by atoms with van der Waals surface area (Å²) in [5.74, 6) is -1.15. The summed E-state index contributed by atoms with van der Waals surface area (Å²) >= 11 is 0. The molecule has 0 aromatic rings. The van der Waals surface area contributed by atoms with E-state index in [0.717, 1.165) is 12.8 Å². The topological polar surface area (TPSA) is 83.5 Å². The molecule has 0 aromatic heterocycles. The van der Waals surface area contributed by atoms with Crippen LogP contribution in [0, 0.1) is 0 Å². The Morgan fingerprint density at radius 2 is 2.00 bits per heavy atom. The van der Waals surface area contributed by atoms with Crippen LogP contribution in [-0.4, -0.2) is 37.7 Å². The Bertz CT molecular complexity index is 323. The summed E-state index contributed by atoms with van der Waals surface area (Å²) in [6.07, 6.45) is 2.14. The Morgan fingerprint density at radius 3 is 2.44 bits per heavy atom. The molecule has 92 valence electrons. The second-order valence-electron chi connectivity index (χ2n) is 4.46. The van der Waals surface area contributed by atoms with Crippen LogP contribution in [0.15, 0.2) is 0 Å². The van der Waals surface area contributed by atoms with Gasteiger partial charge >= 0.3 is 5.97 Å². The normalized spacial score (nSPS) is 17.9. The molecule has 0 bridgehead atoms. The lowest BCUT2D eigenvalue weighted by Crippen LogP contribution is -2.38. The number of nitrogens with one attached hydrogen (secondary N) is 1. The lowest BCUT2D eigenvalue weighted by atomic mass is 10.2. The predicted molar refractivity (Wildman–Crippen MR) is 60.5 cm³/mol. The number of amides is 1. The first-order chi connectivity index (χ1) is 7.34. The number of rotatable bonds is 6. The predicted octanol–water partition coefficient (Wildman–Crippen LogP) is 0.267. The van der Waals surface area contributed by atoms with Crippen LogP contribution >= 0.6 is 0 Å². The Balaban J connectivity index is 2.33. The largest absolute Gasteiger partial charge is 0.480 e. The molecule has 0 heterocycles. The summed E-state index contributed by atoms with van der Waals surface area (Å²) in [5.41, 5.74) is 0. The molecular formula is C10H17NO4S. The number of carbonyl (C=O) groups is 2. The third-order valence-electron chi connectivity index (χ3n) is 2.54. The van der Waals surface area contributed by atoms with Crippen LogP contribution in [0.25, 0.3) is 0 Å². The highest BCUT2D eigenvalue weighted by atomic mass is 32.2. The quantitative estimate of drug-likeness (QED) is 0.705. The molecule has 1 atom stereocenters. The van der Waals surface area contributed by atoms with Gasteiger partial charge in [-0.15, -0.1) is 0 Å². The van der Waals surface area contributed by atoms with Crippen LogP contribution in [0.2, 0.25) is 0 Å². The minimum absolute atomic E-state index is 0.0951. The van der Waals surface area contributed by atoms with Crippen LogP contribution in [0.4, 0.5) is 0 Å². The zero-order valence-corrected chi connectivity index (χ0v) is 10.3. The molecule has 0 spiro atoms. The fourth-order valence-electron chi connectivity index (χ4n) is 1.07. The van der Waals surface area contributed by atoms with E-state index in [4.69, 9.17) is 5.11 Å². The number of hydrogen-bond acceptors (Lipinski definition) is 3. The van der Waals surface area contributed by atoms with Crippen molar-refractivity contribution in [2.45, 2.75) is 43.9 Å². The van der Waals surface area contributed by atoms with E-state index in [9.17, 15) is 13.8 Å². The maximum atomic E-state index is 11.7. The van der Waals surface area contributed by atoms with Gasteiger partial charge in [-0.25, -0.2) is 0 Å². The summed E-state index contributed by atoms with van der Waals surface area (Å²) in [4.78, 5) is 22.1. The van der Waals surface area contributed by atoms with Gasteiger partial charge in [0, 0.05) is 29.0 Å². The van der Waals surface area contributed by atoms with Crippen molar-refractivity contribution >= 4 is 22.7 Å². The van der Waals surface area contributed by atoms with E-state index in [1.807, 2.05) is 0 Å². The highest BCUT2D eigenvalue weighted by molar-refractivity contribution is 7.87. The molecule has 1 saturated carbocycles. The van der Waals surface area contributed by atoms with Crippen molar-refractivity contribution in [2.75, 3.05) is 5.75 Å². The summed E-state index contributed by atoms with van der Waals surface area (Å²) in [7, 11) is -1.54. The molecule has 1 aliphatic carbocycles. The van der Waals surface area contributed by atoms with Gasteiger partial charge in [-0.05, 0) is 26.7 Å². The number of hydrogen-bond donors (Lipinski definition) is 2. The zero-order chi connectivity index (χ0) is 12.3. The molecule has 1 fully saturated rings. The molecule has 1 rings (SSSR count). The van der Waals surface area contributed by atoms with Gasteiger partial charge in [-0.1, -0.05) is 0 Å². The Kier molecular flexibility index (Phi) is 4.07. The Morgan fingerprint density at radius 1 is 1.44 bits per heavy atom. The van der Waals surface area contributed by atoms with Crippen LogP contribution in [0.5, 0.6) is 0 Å². The van der Waals surface area contributed by atoms with E-state index in [0.29, 0.717) is 0 Å². The maximum Gasteiger partial charge on any atom is 0.321 e.